The van der Waals surface area contributed by atoms with Crippen LogP contribution in [0.15, 0.2) is 23.1 Å². The van der Waals surface area contributed by atoms with Crippen molar-refractivity contribution < 1.29 is 0 Å². The fourth-order valence-electron chi connectivity index (χ4n) is 0.856. The lowest BCUT2D eigenvalue weighted by Crippen LogP contribution is -1.95. The van der Waals surface area contributed by atoms with E-state index in [0.717, 1.165) is 10.6 Å². The second kappa shape index (κ2) is 3.64. The zero-order chi connectivity index (χ0) is 8.27. The van der Waals surface area contributed by atoms with E-state index in [-0.39, 0.29) is 0 Å². The first-order valence-electron chi connectivity index (χ1n) is 3.43. The largest absolute Gasteiger partial charge is 0.398 e. The van der Waals surface area contributed by atoms with E-state index in [0.29, 0.717) is 5.88 Å². The van der Waals surface area contributed by atoms with Gasteiger partial charge in [-0.3, -0.25) is 0 Å². The van der Waals surface area contributed by atoms with E-state index in [4.69, 9.17) is 11.5 Å². The highest BCUT2D eigenvalue weighted by Crippen LogP contribution is 2.24. The summed E-state index contributed by atoms with van der Waals surface area (Å²) in [5.41, 5.74) is 13.1. The highest BCUT2D eigenvalue weighted by Gasteiger charge is 1.97. The summed E-state index contributed by atoms with van der Waals surface area (Å²) in [4.78, 5) is 1.08. The molecule has 0 atom stereocenters. The molecule has 1 aromatic rings. The lowest BCUT2D eigenvalue weighted by Gasteiger charge is -2.03. The summed E-state index contributed by atoms with van der Waals surface area (Å²) < 4.78 is 0. The van der Waals surface area contributed by atoms with Gasteiger partial charge in [0, 0.05) is 16.5 Å². The Morgan fingerprint density at radius 2 is 2.18 bits per heavy atom. The standard InChI is InChI=1S/C8H12N2S/c1-6-2-3-7(10)8(4-6)11-5-9/h2-4H,5,9-10H2,1H3. The Balaban J connectivity index is 2.93. The first-order chi connectivity index (χ1) is 5.24. The summed E-state index contributed by atoms with van der Waals surface area (Å²) in [6, 6.07) is 5.95. The molecule has 4 N–H and O–H groups in total. The van der Waals surface area contributed by atoms with E-state index in [9.17, 15) is 0 Å². The predicted molar refractivity (Wildman–Crippen MR) is 50.5 cm³/mol. The van der Waals surface area contributed by atoms with Gasteiger partial charge in [-0.05, 0) is 24.6 Å². The molecule has 0 spiro atoms. The van der Waals surface area contributed by atoms with Crippen molar-refractivity contribution in [3.05, 3.63) is 23.8 Å². The molecule has 0 unspecified atom stereocenters. The zero-order valence-electron chi connectivity index (χ0n) is 6.50. The topological polar surface area (TPSA) is 52.0 Å². The van der Waals surface area contributed by atoms with Crippen molar-refractivity contribution in [3.63, 3.8) is 0 Å². The number of anilines is 1. The molecule has 0 saturated heterocycles. The van der Waals surface area contributed by atoms with E-state index in [1.165, 1.54) is 5.56 Å². The molecule has 0 amide bonds. The highest BCUT2D eigenvalue weighted by molar-refractivity contribution is 7.99. The summed E-state index contributed by atoms with van der Waals surface area (Å²) in [6.45, 7) is 2.04. The van der Waals surface area contributed by atoms with Crippen LogP contribution in [0.2, 0.25) is 0 Å². The number of aryl methyl sites for hydroxylation is 1. The minimum Gasteiger partial charge on any atom is -0.398 e. The van der Waals surface area contributed by atoms with Crippen molar-refractivity contribution in [2.24, 2.45) is 5.73 Å². The second-order valence-corrected chi connectivity index (χ2v) is 3.41. The molecule has 2 nitrogen and oxygen atoms in total. The first-order valence-corrected chi connectivity index (χ1v) is 4.41. The van der Waals surface area contributed by atoms with Gasteiger partial charge in [-0.25, -0.2) is 0 Å². The molecule has 0 heterocycles. The van der Waals surface area contributed by atoms with Crippen LogP contribution in [0, 0.1) is 6.92 Å². The quantitative estimate of drug-likeness (QED) is 0.400. The van der Waals surface area contributed by atoms with E-state index >= 15 is 0 Å². The Hall–Kier alpha value is -0.670. The van der Waals surface area contributed by atoms with Gasteiger partial charge in [-0.1, -0.05) is 6.07 Å². The molecular formula is C8H12N2S. The molecule has 0 saturated carbocycles. The fourth-order valence-corrected chi connectivity index (χ4v) is 1.54. The average molecular weight is 168 g/mol. The Morgan fingerprint density at radius 3 is 2.82 bits per heavy atom. The van der Waals surface area contributed by atoms with Crippen molar-refractivity contribution in [1.82, 2.24) is 0 Å². The van der Waals surface area contributed by atoms with E-state index < -0.39 is 0 Å². The molecule has 0 aliphatic heterocycles. The van der Waals surface area contributed by atoms with Crippen molar-refractivity contribution >= 4 is 17.4 Å². The number of benzene rings is 1. The molecule has 1 rings (SSSR count). The Labute approximate surface area is 71.0 Å². The number of nitrogen functional groups attached to an aromatic ring is 1. The number of nitrogens with two attached hydrogens (primary N) is 2. The second-order valence-electron chi connectivity index (χ2n) is 2.35. The van der Waals surface area contributed by atoms with Crippen LogP contribution in [0.4, 0.5) is 5.69 Å². The summed E-state index contributed by atoms with van der Waals surface area (Å²) >= 11 is 1.57. The van der Waals surface area contributed by atoms with Gasteiger partial charge in [0.15, 0.2) is 0 Å². The predicted octanol–water partition coefficient (Wildman–Crippen LogP) is 1.59. The molecule has 0 aliphatic rings. The number of hydrogen-bond acceptors (Lipinski definition) is 3. The van der Waals surface area contributed by atoms with Gasteiger partial charge >= 0.3 is 0 Å². The van der Waals surface area contributed by atoms with Crippen LogP contribution in [-0.2, 0) is 0 Å². The Kier molecular flexibility index (Phi) is 2.79. The maximum absolute atomic E-state index is 5.70. The van der Waals surface area contributed by atoms with Gasteiger partial charge < -0.3 is 11.5 Å². The summed E-state index contributed by atoms with van der Waals surface area (Å²) in [7, 11) is 0. The molecule has 3 heteroatoms. The summed E-state index contributed by atoms with van der Waals surface area (Å²) in [5, 5.41) is 0. The summed E-state index contributed by atoms with van der Waals surface area (Å²) in [5.74, 6) is 0.577. The van der Waals surface area contributed by atoms with Gasteiger partial charge in [-0.15, -0.1) is 11.8 Å². The highest BCUT2D eigenvalue weighted by atomic mass is 32.2. The van der Waals surface area contributed by atoms with Gasteiger partial charge in [0.25, 0.3) is 0 Å². The van der Waals surface area contributed by atoms with Crippen LogP contribution < -0.4 is 11.5 Å². The smallest absolute Gasteiger partial charge is 0.0452 e. The molecule has 0 fully saturated rings. The minimum absolute atomic E-state index is 0.577. The van der Waals surface area contributed by atoms with Crippen LogP contribution in [-0.4, -0.2) is 5.88 Å². The lowest BCUT2D eigenvalue weighted by atomic mass is 10.2. The lowest BCUT2D eigenvalue weighted by molar-refractivity contribution is 1.34. The molecule has 0 aliphatic carbocycles. The molecule has 11 heavy (non-hydrogen) atoms. The van der Waals surface area contributed by atoms with Gasteiger partial charge in [0.05, 0.1) is 0 Å². The number of thioether (sulfide) groups is 1. The van der Waals surface area contributed by atoms with Crippen LogP contribution in [0.5, 0.6) is 0 Å². The minimum atomic E-state index is 0.577. The SMILES string of the molecule is Cc1ccc(N)c(SCN)c1. The van der Waals surface area contributed by atoms with Gasteiger partial charge in [-0.2, -0.15) is 0 Å². The van der Waals surface area contributed by atoms with Crippen molar-refractivity contribution in [1.29, 1.82) is 0 Å². The third kappa shape index (κ3) is 2.13. The van der Waals surface area contributed by atoms with E-state index in [1.54, 1.807) is 11.8 Å². The van der Waals surface area contributed by atoms with Crippen LogP contribution >= 0.6 is 11.8 Å². The molecular weight excluding hydrogens is 156 g/mol. The zero-order valence-corrected chi connectivity index (χ0v) is 7.32. The molecule has 0 bridgehead atoms. The van der Waals surface area contributed by atoms with Gasteiger partial charge in [0.1, 0.15) is 0 Å². The Morgan fingerprint density at radius 1 is 1.45 bits per heavy atom. The third-order valence-electron chi connectivity index (χ3n) is 1.41. The molecule has 60 valence electrons. The van der Waals surface area contributed by atoms with Crippen molar-refractivity contribution in [2.45, 2.75) is 11.8 Å². The molecule has 1 aromatic carbocycles. The maximum atomic E-state index is 5.70. The molecule has 0 aromatic heterocycles. The van der Waals surface area contributed by atoms with E-state index in [2.05, 4.69) is 0 Å². The Bertz CT molecular complexity index is 248. The third-order valence-corrected chi connectivity index (χ3v) is 2.24. The summed E-state index contributed by atoms with van der Waals surface area (Å²) in [6.07, 6.45) is 0. The number of rotatable bonds is 2. The van der Waals surface area contributed by atoms with Crippen LogP contribution in [0.1, 0.15) is 5.56 Å². The fraction of sp³-hybridized carbons (Fsp3) is 0.250. The number of hydrogen-bond donors (Lipinski definition) is 2. The monoisotopic (exact) mass is 168 g/mol. The van der Waals surface area contributed by atoms with Gasteiger partial charge in [0.2, 0.25) is 0 Å². The average Bonchev–Trinajstić information content (AvgIpc) is 1.98. The van der Waals surface area contributed by atoms with Crippen LogP contribution in [0.3, 0.4) is 0 Å². The van der Waals surface area contributed by atoms with E-state index in [1.807, 2.05) is 25.1 Å². The maximum Gasteiger partial charge on any atom is 0.0452 e. The molecule has 0 radical (unpaired) electrons. The van der Waals surface area contributed by atoms with Crippen LogP contribution in [0.25, 0.3) is 0 Å². The first kappa shape index (κ1) is 8.43. The normalized spacial score (nSPS) is 10.0. The van der Waals surface area contributed by atoms with Crippen molar-refractivity contribution in [3.8, 4) is 0 Å². The van der Waals surface area contributed by atoms with Crippen molar-refractivity contribution in [2.75, 3.05) is 11.6 Å².